The molecule has 1 unspecified atom stereocenters. The number of benzene rings is 2. The molecule has 0 aliphatic heterocycles. The summed E-state index contributed by atoms with van der Waals surface area (Å²) in [5.41, 5.74) is 6.10. The van der Waals surface area contributed by atoms with E-state index in [-0.39, 0.29) is 6.04 Å². The Balaban J connectivity index is 2.41. The minimum absolute atomic E-state index is 0.117. The zero-order chi connectivity index (χ0) is 14.5. The number of nitrogens with two attached hydrogens (primary N) is 1. The van der Waals surface area contributed by atoms with Gasteiger partial charge in [-0.2, -0.15) is 0 Å². The molecule has 0 spiro atoms. The predicted molar refractivity (Wildman–Crippen MR) is 83.0 cm³/mol. The Morgan fingerprint density at radius 1 is 1.25 bits per heavy atom. The Morgan fingerprint density at radius 3 is 2.75 bits per heavy atom. The van der Waals surface area contributed by atoms with E-state index in [0.29, 0.717) is 11.6 Å². The van der Waals surface area contributed by atoms with Gasteiger partial charge in [0, 0.05) is 5.02 Å². The van der Waals surface area contributed by atoms with Gasteiger partial charge in [0.15, 0.2) is 0 Å². The molecule has 0 heterocycles. The summed E-state index contributed by atoms with van der Waals surface area (Å²) >= 11 is 6.09. The summed E-state index contributed by atoms with van der Waals surface area (Å²) < 4.78 is 5.54. The third kappa shape index (κ3) is 3.31. The molecule has 0 aliphatic carbocycles. The molecule has 1 atom stereocenters. The van der Waals surface area contributed by atoms with Crippen LogP contribution in [-0.4, -0.2) is 6.61 Å². The Hall–Kier alpha value is -1.55. The van der Waals surface area contributed by atoms with Crippen LogP contribution in [0.3, 0.4) is 0 Å². The van der Waals surface area contributed by atoms with E-state index in [2.05, 4.69) is 5.43 Å². The average molecular weight is 291 g/mol. The topological polar surface area (TPSA) is 47.3 Å². The van der Waals surface area contributed by atoms with Crippen LogP contribution in [0, 0.1) is 6.92 Å². The van der Waals surface area contributed by atoms with Crippen molar-refractivity contribution in [3.05, 3.63) is 64.2 Å². The molecule has 0 fully saturated rings. The van der Waals surface area contributed by atoms with E-state index in [1.807, 2.05) is 56.3 Å². The molecular weight excluding hydrogens is 272 g/mol. The second kappa shape index (κ2) is 6.75. The van der Waals surface area contributed by atoms with E-state index < -0.39 is 0 Å². The lowest BCUT2D eigenvalue weighted by Crippen LogP contribution is -2.29. The van der Waals surface area contributed by atoms with E-state index in [4.69, 9.17) is 22.2 Å². The predicted octanol–water partition coefficient (Wildman–Crippen LogP) is 3.60. The number of halogens is 1. The fraction of sp³-hybridized carbons (Fsp3) is 0.250. The van der Waals surface area contributed by atoms with Gasteiger partial charge in [0.2, 0.25) is 0 Å². The maximum atomic E-state index is 6.09. The third-order valence-electron chi connectivity index (χ3n) is 3.22. The maximum absolute atomic E-state index is 6.09. The first-order chi connectivity index (χ1) is 9.65. The summed E-state index contributed by atoms with van der Waals surface area (Å²) in [4.78, 5) is 0. The van der Waals surface area contributed by atoms with Crippen LogP contribution < -0.4 is 16.0 Å². The molecule has 2 aromatic rings. The molecule has 20 heavy (non-hydrogen) atoms. The second-order valence-corrected chi connectivity index (χ2v) is 5.04. The normalized spacial score (nSPS) is 12.2. The van der Waals surface area contributed by atoms with Crippen molar-refractivity contribution in [3.8, 4) is 5.75 Å². The lowest BCUT2D eigenvalue weighted by molar-refractivity contribution is 0.339. The van der Waals surface area contributed by atoms with Gasteiger partial charge in [0.25, 0.3) is 0 Å². The highest BCUT2D eigenvalue weighted by atomic mass is 35.5. The first-order valence-corrected chi connectivity index (χ1v) is 6.98. The van der Waals surface area contributed by atoms with Crippen LogP contribution in [0.2, 0.25) is 5.02 Å². The molecule has 2 aromatic carbocycles. The number of hydrogen-bond acceptors (Lipinski definition) is 3. The van der Waals surface area contributed by atoms with Gasteiger partial charge in [-0.05, 0) is 54.8 Å². The highest BCUT2D eigenvalue weighted by Crippen LogP contribution is 2.28. The molecule has 3 nitrogen and oxygen atoms in total. The largest absolute Gasteiger partial charge is 0.494 e. The zero-order valence-corrected chi connectivity index (χ0v) is 12.4. The van der Waals surface area contributed by atoms with E-state index in [1.54, 1.807) is 0 Å². The first-order valence-electron chi connectivity index (χ1n) is 6.60. The summed E-state index contributed by atoms with van der Waals surface area (Å²) in [5, 5.41) is 0.701. The number of nitrogens with one attached hydrogen (secondary N) is 1. The quantitative estimate of drug-likeness (QED) is 0.653. The zero-order valence-electron chi connectivity index (χ0n) is 11.7. The first kappa shape index (κ1) is 14.9. The third-order valence-corrected chi connectivity index (χ3v) is 3.46. The Kier molecular flexibility index (Phi) is 5.01. The van der Waals surface area contributed by atoms with Gasteiger partial charge in [-0.25, -0.2) is 5.43 Å². The van der Waals surface area contributed by atoms with Crippen molar-refractivity contribution in [3.63, 3.8) is 0 Å². The lowest BCUT2D eigenvalue weighted by Gasteiger charge is -2.20. The van der Waals surface area contributed by atoms with Crippen LogP contribution in [0.5, 0.6) is 5.75 Å². The van der Waals surface area contributed by atoms with Crippen molar-refractivity contribution in [1.82, 2.24) is 5.43 Å². The van der Waals surface area contributed by atoms with Gasteiger partial charge in [-0.3, -0.25) is 5.84 Å². The number of rotatable bonds is 5. The van der Waals surface area contributed by atoms with Crippen LogP contribution >= 0.6 is 11.6 Å². The molecule has 0 amide bonds. The van der Waals surface area contributed by atoms with E-state index in [0.717, 1.165) is 22.4 Å². The van der Waals surface area contributed by atoms with E-state index in [1.165, 1.54) is 0 Å². The van der Waals surface area contributed by atoms with Gasteiger partial charge in [0.05, 0.1) is 12.6 Å². The van der Waals surface area contributed by atoms with Gasteiger partial charge >= 0.3 is 0 Å². The molecule has 0 aliphatic rings. The number of aryl methyl sites for hydroxylation is 1. The van der Waals surface area contributed by atoms with Crippen molar-refractivity contribution < 1.29 is 4.74 Å². The van der Waals surface area contributed by atoms with Gasteiger partial charge < -0.3 is 4.74 Å². The van der Waals surface area contributed by atoms with E-state index in [9.17, 15) is 0 Å². The fourth-order valence-electron chi connectivity index (χ4n) is 2.24. The summed E-state index contributed by atoms with van der Waals surface area (Å²) in [7, 11) is 0. The molecular formula is C16H19ClN2O. The van der Waals surface area contributed by atoms with Gasteiger partial charge in [-0.15, -0.1) is 0 Å². The van der Waals surface area contributed by atoms with Crippen LogP contribution in [0.4, 0.5) is 0 Å². The highest BCUT2D eigenvalue weighted by molar-refractivity contribution is 6.30. The standard InChI is InChI=1S/C16H19ClN2O/c1-3-20-14-6-4-5-12(9-14)16(19-18)15-10-13(17)8-7-11(15)2/h4-10,16,19H,3,18H2,1-2H3. The number of ether oxygens (including phenoxy) is 1. The molecule has 0 aromatic heterocycles. The van der Waals surface area contributed by atoms with E-state index >= 15 is 0 Å². The second-order valence-electron chi connectivity index (χ2n) is 4.61. The molecule has 0 saturated heterocycles. The Labute approximate surface area is 124 Å². The van der Waals surface area contributed by atoms with Gasteiger partial charge in [-0.1, -0.05) is 29.8 Å². The van der Waals surface area contributed by atoms with Crippen molar-refractivity contribution in [2.45, 2.75) is 19.9 Å². The summed E-state index contributed by atoms with van der Waals surface area (Å²) in [6.07, 6.45) is 0. The average Bonchev–Trinajstić information content (AvgIpc) is 2.44. The number of hydrazine groups is 1. The Bertz CT molecular complexity index is 586. The minimum atomic E-state index is -0.117. The highest BCUT2D eigenvalue weighted by Gasteiger charge is 2.15. The van der Waals surface area contributed by atoms with Crippen LogP contribution in [0.15, 0.2) is 42.5 Å². The monoisotopic (exact) mass is 290 g/mol. The molecule has 106 valence electrons. The molecule has 0 saturated carbocycles. The molecule has 3 N–H and O–H groups in total. The molecule has 2 rings (SSSR count). The van der Waals surface area contributed by atoms with Crippen molar-refractivity contribution in [1.29, 1.82) is 0 Å². The summed E-state index contributed by atoms with van der Waals surface area (Å²) in [6, 6.07) is 13.6. The molecule has 0 bridgehead atoms. The van der Waals surface area contributed by atoms with Crippen LogP contribution in [-0.2, 0) is 0 Å². The fourth-order valence-corrected chi connectivity index (χ4v) is 2.42. The minimum Gasteiger partial charge on any atom is -0.494 e. The van der Waals surface area contributed by atoms with Gasteiger partial charge in [0.1, 0.15) is 5.75 Å². The van der Waals surface area contributed by atoms with Crippen LogP contribution in [0.25, 0.3) is 0 Å². The number of hydrogen-bond donors (Lipinski definition) is 2. The smallest absolute Gasteiger partial charge is 0.119 e. The molecule has 4 heteroatoms. The van der Waals surface area contributed by atoms with Crippen molar-refractivity contribution >= 4 is 11.6 Å². The maximum Gasteiger partial charge on any atom is 0.119 e. The summed E-state index contributed by atoms with van der Waals surface area (Å²) in [5.74, 6) is 6.58. The lowest BCUT2D eigenvalue weighted by atomic mass is 9.95. The van der Waals surface area contributed by atoms with Crippen LogP contribution in [0.1, 0.15) is 29.7 Å². The van der Waals surface area contributed by atoms with Crippen molar-refractivity contribution in [2.24, 2.45) is 5.84 Å². The SMILES string of the molecule is CCOc1cccc(C(NN)c2cc(Cl)ccc2C)c1. The summed E-state index contributed by atoms with van der Waals surface area (Å²) in [6.45, 7) is 4.65. The molecule has 0 radical (unpaired) electrons. The Morgan fingerprint density at radius 2 is 2.05 bits per heavy atom. The van der Waals surface area contributed by atoms with Crippen molar-refractivity contribution in [2.75, 3.05) is 6.61 Å².